The summed E-state index contributed by atoms with van der Waals surface area (Å²) in [5.41, 5.74) is 0.954. The van der Waals surface area contributed by atoms with Crippen LogP contribution in [0.15, 0.2) is 27.6 Å². The smallest absolute Gasteiger partial charge is 0.207 e. The Hall–Kier alpha value is -0.390. The summed E-state index contributed by atoms with van der Waals surface area (Å²) >= 11 is 3.35. The molecule has 1 fully saturated rings. The highest BCUT2D eigenvalue weighted by atomic mass is 79.9. The van der Waals surface area contributed by atoms with Crippen LogP contribution in [0.2, 0.25) is 0 Å². The molecule has 1 aromatic carbocycles. The highest BCUT2D eigenvalue weighted by Gasteiger charge is 2.26. The molecule has 0 amide bonds. The number of halogens is 1. The molecular weight excluding hydrogens is 302 g/mol. The Balaban J connectivity index is 2.36. The van der Waals surface area contributed by atoms with Gasteiger partial charge < -0.3 is 0 Å². The second-order valence-corrected chi connectivity index (χ2v) is 7.28. The van der Waals surface area contributed by atoms with Crippen LogP contribution < -0.4 is 0 Å². The third kappa shape index (κ3) is 2.89. The molecule has 1 aromatic rings. The van der Waals surface area contributed by atoms with E-state index in [1.54, 1.807) is 16.4 Å². The Morgan fingerprint density at radius 1 is 1.12 bits per heavy atom. The highest BCUT2D eigenvalue weighted by molar-refractivity contribution is 9.10. The van der Waals surface area contributed by atoms with Crippen LogP contribution in [0.5, 0.6) is 0 Å². The first-order valence-electron chi connectivity index (χ1n) is 5.77. The van der Waals surface area contributed by atoms with Gasteiger partial charge in [0.1, 0.15) is 0 Å². The van der Waals surface area contributed by atoms with Crippen LogP contribution in [-0.4, -0.2) is 25.8 Å². The molecule has 2 rings (SSSR count). The molecule has 17 heavy (non-hydrogen) atoms. The molecule has 0 unspecified atom stereocenters. The van der Waals surface area contributed by atoms with E-state index in [1.807, 2.05) is 13.0 Å². The Labute approximate surface area is 111 Å². The second-order valence-electron chi connectivity index (χ2n) is 4.43. The number of sulfonamides is 1. The lowest BCUT2D eigenvalue weighted by Crippen LogP contribution is -2.35. The van der Waals surface area contributed by atoms with Crippen molar-refractivity contribution in [3.63, 3.8) is 0 Å². The maximum absolute atomic E-state index is 12.4. The molecule has 1 heterocycles. The first-order valence-corrected chi connectivity index (χ1v) is 8.01. The van der Waals surface area contributed by atoms with Crippen molar-refractivity contribution in [2.24, 2.45) is 0 Å². The average molecular weight is 318 g/mol. The van der Waals surface area contributed by atoms with Crippen molar-refractivity contribution in [1.82, 2.24) is 4.31 Å². The van der Waals surface area contributed by atoms with Crippen LogP contribution in [-0.2, 0) is 10.0 Å². The number of benzene rings is 1. The number of nitrogens with zero attached hydrogens (tertiary/aromatic N) is 1. The predicted octanol–water partition coefficient (Wildman–Crippen LogP) is 2.93. The van der Waals surface area contributed by atoms with Crippen LogP contribution in [0, 0.1) is 6.92 Å². The molecule has 1 aliphatic heterocycles. The highest BCUT2D eigenvalue weighted by Crippen LogP contribution is 2.24. The summed E-state index contributed by atoms with van der Waals surface area (Å²) < 4.78 is 27.2. The zero-order valence-corrected chi connectivity index (χ0v) is 12.2. The van der Waals surface area contributed by atoms with Gasteiger partial charge in [-0.25, -0.2) is 8.42 Å². The lowest BCUT2D eigenvalue weighted by Gasteiger charge is -2.26. The number of hydrogen-bond donors (Lipinski definition) is 0. The van der Waals surface area contributed by atoms with E-state index in [4.69, 9.17) is 0 Å². The molecule has 5 heteroatoms. The average Bonchev–Trinajstić information content (AvgIpc) is 2.29. The molecule has 0 radical (unpaired) electrons. The van der Waals surface area contributed by atoms with Crippen LogP contribution in [0.4, 0.5) is 0 Å². The van der Waals surface area contributed by atoms with Gasteiger partial charge in [0.2, 0.25) is 10.0 Å². The van der Waals surface area contributed by atoms with Gasteiger partial charge in [0, 0.05) is 17.6 Å². The normalized spacial score (nSPS) is 18.2. The van der Waals surface area contributed by atoms with E-state index in [-0.39, 0.29) is 0 Å². The molecule has 0 aliphatic carbocycles. The molecule has 0 saturated carbocycles. The fourth-order valence-corrected chi connectivity index (χ4v) is 4.51. The van der Waals surface area contributed by atoms with Crippen molar-refractivity contribution in [2.75, 3.05) is 13.1 Å². The molecule has 94 valence electrons. The molecule has 3 nitrogen and oxygen atoms in total. The van der Waals surface area contributed by atoms with Gasteiger partial charge in [-0.15, -0.1) is 0 Å². The number of piperidine rings is 1. The van der Waals surface area contributed by atoms with Crippen molar-refractivity contribution in [3.8, 4) is 0 Å². The summed E-state index contributed by atoms with van der Waals surface area (Å²) in [5, 5.41) is 0. The van der Waals surface area contributed by atoms with E-state index in [1.165, 1.54) is 0 Å². The molecule has 0 atom stereocenters. The maximum atomic E-state index is 12.4. The van der Waals surface area contributed by atoms with E-state index in [2.05, 4.69) is 15.9 Å². The topological polar surface area (TPSA) is 37.4 Å². The van der Waals surface area contributed by atoms with E-state index >= 15 is 0 Å². The monoisotopic (exact) mass is 317 g/mol. The van der Waals surface area contributed by atoms with E-state index in [0.717, 1.165) is 29.3 Å². The third-order valence-corrected chi connectivity index (χ3v) is 5.30. The minimum atomic E-state index is -3.30. The van der Waals surface area contributed by atoms with E-state index in [9.17, 15) is 8.42 Å². The fraction of sp³-hybridized carbons (Fsp3) is 0.500. The van der Waals surface area contributed by atoms with E-state index < -0.39 is 10.0 Å². The lowest BCUT2D eigenvalue weighted by atomic mass is 10.2. The second kappa shape index (κ2) is 5.08. The SMILES string of the molecule is Cc1cc(Br)cc(S(=O)(=O)N2CCCCC2)c1. The van der Waals surface area contributed by atoms with Gasteiger partial charge in [-0.1, -0.05) is 22.4 Å². The standard InChI is InChI=1S/C12H16BrNO2S/c1-10-7-11(13)9-12(8-10)17(15,16)14-5-3-2-4-6-14/h7-9H,2-6H2,1H3. The Morgan fingerprint density at radius 2 is 1.76 bits per heavy atom. The summed E-state index contributed by atoms with van der Waals surface area (Å²) in [5.74, 6) is 0. The summed E-state index contributed by atoms with van der Waals surface area (Å²) in [7, 11) is -3.30. The number of aryl methyl sites for hydroxylation is 1. The molecule has 1 aliphatic rings. The molecule has 0 N–H and O–H groups in total. The lowest BCUT2D eigenvalue weighted by molar-refractivity contribution is 0.346. The van der Waals surface area contributed by atoms with Crippen LogP contribution in [0.3, 0.4) is 0 Å². The van der Waals surface area contributed by atoms with Gasteiger partial charge >= 0.3 is 0 Å². The molecule has 0 bridgehead atoms. The van der Waals surface area contributed by atoms with Crippen molar-refractivity contribution >= 4 is 26.0 Å². The first kappa shape index (κ1) is 13.1. The van der Waals surface area contributed by atoms with Crippen LogP contribution in [0.25, 0.3) is 0 Å². The Morgan fingerprint density at radius 3 is 2.35 bits per heavy atom. The van der Waals surface area contributed by atoms with Gasteiger partial charge in [-0.3, -0.25) is 0 Å². The van der Waals surface area contributed by atoms with Crippen molar-refractivity contribution in [2.45, 2.75) is 31.1 Å². The molecule has 1 saturated heterocycles. The molecular formula is C12H16BrNO2S. The van der Waals surface area contributed by atoms with E-state index in [0.29, 0.717) is 18.0 Å². The number of rotatable bonds is 2. The minimum Gasteiger partial charge on any atom is -0.207 e. The summed E-state index contributed by atoms with van der Waals surface area (Å²) in [4.78, 5) is 0.395. The van der Waals surface area contributed by atoms with Gasteiger partial charge in [-0.2, -0.15) is 4.31 Å². The summed E-state index contributed by atoms with van der Waals surface area (Å²) in [6.07, 6.45) is 3.06. The third-order valence-electron chi connectivity index (χ3n) is 2.97. The van der Waals surface area contributed by atoms with Gasteiger partial charge in [0.05, 0.1) is 4.90 Å². The quantitative estimate of drug-likeness (QED) is 0.841. The van der Waals surface area contributed by atoms with Gasteiger partial charge in [-0.05, 0) is 43.5 Å². The zero-order chi connectivity index (χ0) is 12.5. The first-order chi connectivity index (χ1) is 8.00. The summed E-state index contributed by atoms with van der Waals surface area (Å²) in [6, 6.07) is 5.32. The van der Waals surface area contributed by atoms with Crippen molar-refractivity contribution < 1.29 is 8.42 Å². The van der Waals surface area contributed by atoms with Gasteiger partial charge in [0.15, 0.2) is 0 Å². The van der Waals surface area contributed by atoms with Crippen LogP contribution in [0.1, 0.15) is 24.8 Å². The molecule has 0 aromatic heterocycles. The van der Waals surface area contributed by atoms with Crippen molar-refractivity contribution in [1.29, 1.82) is 0 Å². The van der Waals surface area contributed by atoms with Crippen LogP contribution >= 0.6 is 15.9 Å². The molecule has 0 spiro atoms. The Bertz CT molecular complexity index is 487. The minimum absolute atomic E-state index is 0.395. The number of hydrogen-bond acceptors (Lipinski definition) is 2. The van der Waals surface area contributed by atoms with Gasteiger partial charge in [0.25, 0.3) is 0 Å². The fourth-order valence-electron chi connectivity index (χ4n) is 2.11. The largest absolute Gasteiger partial charge is 0.243 e. The maximum Gasteiger partial charge on any atom is 0.243 e. The van der Waals surface area contributed by atoms with Crippen molar-refractivity contribution in [3.05, 3.63) is 28.2 Å². The zero-order valence-electron chi connectivity index (χ0n) is 9.82. The summed E-state index contributed by atoms with van der Waals surface area (Å²) in [6.45, 7) is 3.20. The predicted molar refractivity (Wildman–Crippen MR) is 71.5 cm³/mol. The Kier molecular flexibility index (Phi) is 3.90.